The fraction of sp³-hybridized carbons (Fsp3) is 0.0526. The summed E-state index contributed by atoms with van der Waals surface area (Å²) in [5, 5.41) is 3.51. The standard InChI is InChI=1S/C19H15N5O2/c1-11-8-13-9-14(3-5-17(13)26-11)23-19(20)24-18(25)12-2-4-15-16(10-12)22-7-6-21-15/h2-10H,1H3,(H3,20,23,24,25). The predicted octanol–water partition coefficient (Wildman–Crippen LogP) is 3.06. The van der Waals surface area contributed by atoms with E-state index in [1.165, 1.54) is 0 Å². The molecule has 1 amide bonds. The summed E-state index contributed by atoms with van der Waals surface area (Å²) < 4.78 is 5.52. The van der Waals surface area contributed by atoms with Crippen LogP contribution in [-0.2, 0) is 0 Å². The number of nitrogens with one attached hydrogen (secondary N) is 1. The lowest BCUT2D eigenvalue weighted by atomic mass is 10.2. The molecule has 2 aromatic carbocycles. The maximum atomic E-state index is 12.4. The normalized spacial score (nSPS) is 11.8. The van der Waals surface area contributed by atoms with Gasteiger partial charge in [0.05, 0.1) is 16.7 Å². The van der Waals surface area contributed by atoms with Gasteiger partial charge in [0.1, 0.15) is 11.3 Å². The molecule has 128 valence electrons. The van der Waals surface area contributed by atoms with Crippen molar-refractivity contribution in [2.45, 2.75) is 6.92 Å². The Morgan fingerprint density at radius 3 is 2.73 bits per heavy atom. The molecule has 0 aliphatic heterocycles. The molecule has 0 radical (unpaired) electrons. The second-order valence-electron chi connectivity index (χ2n) is 5.79. The summed E-state index contributed by atoms with van der Waals surface area (Å²) in [6.07, 6.45) is 3.18. The lowest BCUT2D eigenvalue weighted by Crippen LogP contribution is -2.36. The molecule has 2 aromatic heterocycles. The highest BCUT2D eigenvalue weighted by Crippen LogP contribution is 2.24. The maximum Gasteiger partial charge on any atom is 0.258 e. The monoisotopic (exact) mass is 345 g/mol. The Morgan fingerprint density at radius 2 is 1.88 bits per heavy atom. The van der Waals surface area contributed by atoms with Gasteiger partial charge in [0.25, 0.3) is 5.91 Å². The van der Waals surface area contributed by atoms with Gasteiger partial charge in [-0.05, 0) is 49.4 Å². The minimum Gasteiger partial charge on any atom is -0.461 e. The molecule has 0 saturated carbocycles. The number of nitrogens with zero attached hydrogens (tertiary/aromatic N) is 3. The van der Waals surface area contributed by atoms with Crippen LogP contribution in [0.5, 0.6) is 0 Å². The molecule has 4 rings (SSSR count). The number of carbonyl (C=O) groups excluding carboxylic acids is 1. The molecule has 3 N–H and O–H groups in total. The average Bonchev–Trinajstić information content (AvgIpc) is 3.00. The molecule has 26 heavy (non-hydrogen) atoms. The van der Waals surface area contributed by atoms with Gasteiger partial charge in [0, 0.05) is 23.3 Å². The van der Waals surface area contributed by atoms with Crippen molar-refractivity contribution in [3.8, 4) is 0 Å². The molecule has 7 heteroatoms. The molecule has 2 heterocycles. The lowest BCUT2D eigenvalue weighted by Gasteiger charge is -2.05. The molecule has 0 aliphatic rings. The van der Waals surface area contributed by atoms with Crippen LogP contribution in [0.15, 0.2) is 64.3 Å². The second kappa shape index (κ2) is 6.29. The lowest BCUT2D eigenvalue weighted by molar-refractivity contribution is 0.0977. The van der Waals surface area contributed by atoms with Crippen LogP contribution in [0.2, 0.25) is 0 Å². The summed E-state index contributed by atoms with van der Waals surface area (Å²) in [7, 11) is 0. The Balaban J connectivity index is 1.55. The van der Waals surface area contributed by atoms with Gasteiger partial charge < -0.3 is 10.2 Å². The Bertz CT molecular complexity index is 1160. The number of furan rings is 1. The van der Waals surface area contributed by atoms with Crippen molar-refractivity contribution < 1.29 is 9.21 Å². The first-order valence-electron chi connectivity index (χ1n) is 7.95. The number of aryl methyl sites for hydroxylation is 1. The van der Waals surface area contributed by atoms with Gasteiger partial charge in [0.15, 0.2) is 0 Å². The number of benzene rings is 2. The number of hydrogen-bond donors (Lipinski definition) is 2. The van der Waals surface area contributed by atoms with Crippen LogP contribution < -0.4 is 11.1 Å². The van der Waals surface area contributed by atoms with E-state index in [-0.39, 0.29) is 11.9 Å². The van der Waals surface area contributed by atoms with Crippen LogP contribution in [0.3, 0.4) is 0 Å². The van der Waals surface area contributed by atoms with Crippen molar-refractivity contribution in [2.24, 2.45) is 10.7 Å². The average molecular weight is 345 g/mol. The van der Waals surface area contributed by atoms with Crippen molar-refractivity contribution in [1.82, 2.24) is 15.3 Å². The van der Waals surface area contributed by atoms with E-state index in [2.05, 4.69) is 20.3 Å². The van der Waals surface area contributed by atoms with E-state index in [0.29, 0.717) is 16.8 Å². The van der Waals surface area contributed by atoms with Gasteiger partial charge in [-0.3, -0.25) is 20.1 Å². The molecule has 0 saturated heterocycles. The molecular weight excluding hydrogens is 330 g/mol. The van der Waals surface area contributed by atoms with E-state index >= 15 is 0 Å². The van der Waals surface area contributed by atoms with Crippen molar-refractivity contribution in [3.63, 3.8) is 0 Å². The van der Waals surface area contributed by atoms with E-state index < -0.39 is 0 Å². The molecular formula is C19H15N5O2. The SMILES string of the molecule is Cc1cc2cc(N=C(N)NC(=O)c3ccc4nccnc4c3)ccc2o1. The van der Waals surface area contributed by atoms with Crippen molar-refractivity contribution in [3.05, 3.63) is 66.2 Å². The molecule has 0 bridgehead atoms. The first kappa shape index (κ1) is 15.8. The molecule has 7 nitrogen and oxygen atoms in total. The smallest absolute Gasteiger partial charge is 0.258 e. The first-order valence-corrected chi connectivity index (χ1v) is 7.95. The maximum absolute atomic E-state index is 12.4. The summed E-state index contributed by atoms with van der Waals surface area (Å²) in [4.78, 5) is 25.0. The molecule has 4 aromatic rings. The van der Waals surface area contributed by atoms with Crippen molar-refractivity contribution in [1.29, 1.82) is 0 Å². The zero-order valence-corrected chi connectivity index (χ0v) is 13.9. The van der Waals surface area contributed by atoms with Gasteiger partial charge in [-0.25, -0.2) is 4.99 Å². The highest BCUT2D eigenvalue weighted by atomic mass is 16.3. The number of aromatic nitrogens is 2. The number of rotatable bonds is 2. The minimum absolute atomic E-state index is 0.00816. The van der Waals surface area contributed by atoms with E-state index in [0.717, 1.165) is 22.2 Å². The Labute approximate surface area is 148 Å². The van der Waals surface area contributed by atoms with E-state index in [1.54, 1.807) is 36.7 Å². The van der Waals surface area contributed by atoms with E-state index in [9.17, 15) is 4.79 Å². The third-order valence-corrected chi connectivity index (χ3v) is 3.85. The van der Waals surface area contributed by atoms with Crippen LogP contribution in [0.25, 0.3) is 22.0 Å². The third-order valence-electron chi connectivity index (χ3n) is 3.85. The molecule has 0 unspecified atom stereocenters. The Hall–Kier alpha value is -3.74. The van der Waals surface area contributed by atoms with Gasteiger partial charge >= 0.3 is 0 Å². The van der Waals surface area contributed by atoms with Gasteiger partial charge in [-0.2, -0.15) is 0 Å². The largest absolute Gasteiger partial charge is 0.461 e. The van der Waals surface area contributed by atoms with Gasteiger partial charge in [-0.15, -0.1) is 0 Å². The number of amides is 1. The molecule has 0 fully saturated rings. The molecule has 0 aliphatic carbocycles. The van der Waals surface area contributed by atoms with Gasteiger partial charge in [0.2, 0.25) is 5.96 Å². The van der Waals surface area contributed by atoms with Crippen molar-refractivity contribution >= 4 is 39.6 Å². The number of nitrogens with two attached hydrogens (primary N) is 1. The highest BCUT2D eigenvalue weighted by molar-refractivity contribution is 6.07. The second-order valence-corrected chi connectivity index (χ2v) is 5.79. The zero-order chi connectivity index (χ0) is 18.1. The predicted molar refractivity (Wildman–Crippen MR) is 99.2 cm³/mol. The summed E-state index contributed by atoms with van der Waals surface area (Å²) in [6, 6.07) is 12.4. The number of hydrogen-bond acceptors (Lipinski definition) is 5. The van der Waals surface area contributed by atoms with Crippen LogP contribution in [-0.4, -0.2) is 21.8 Å². The first-order chi connectivity index (χ1) is 12.6. The quantitative estimate of drug-likeness (QED) is 0.429. The summed E-state index contributed by atoms with van der Waals surface area (Å²) in [5.74, 6) is 0.467. The van der Waals surface area contributed by atoms with Crippen molar-refractivity contribution in [2.75, 3.05) is 0 Å². The van der Waals surface area contributed by atoms with E-state index in [4.69, 9.17) is 10.2 Å². The summed E-state index contributed by atoms with van der Waals surface area (Å²) >= 11 is 0. The molecule has 0 spiro atoms. The fourth-order valence-electron chi connectivity index (χ4n) is 2.69. The fourth-order valence-corrected chi connectivity index (χ4v) is 2.69. The Kier molecular flexibility index (Phi) is 3.81. The number of fused-ring (bicyclic) bond motifs is 2. The third kappa shape index (κ3) is 3.10. The Morgan fingerprint density at radius 1 is 1.08 bits per heavy atom. The van der Waals surface area contributed by atoms with E-state index in [1.807, 2.05) is 25.1 Å². The summed E-state index contributed by atoms with van der Waals surface area (Å²) in [5.41, 5.74) is 9.06. The summed E-state index contributed by atoms with van der Waals surface area (Å²) in [6.45, 7) is 1.88. The zero-order valence-electron chi connectivity index (χ0n) is 13.9. The van der Waals surface area contributed by atoms with Crippen LogP contribution in [0.4, 0.5) is 5.69 Å². The van der Waals surface area contributed by atoms with Crippen LogP contribution >= 0.6 is 0 Å². The number of aliphatic imine (C=N–C) groups is 1. The minimum atomic E-state index is -0.362. The van der Waals surface area contributed by atoms with Crippen LogP contribution in [0.1, 0.15) is 16.1 Å². The van der Waals surface area contributed by atoms with Gasteiger partial charge in [-0.1, -0.05) is 0 Å². The number of guanidine groups is 1. The van der Waals surface area contributed by atoms with Crippen LogP contribution in [0, 0.1) is 6.92 Å². The topological polar surface area (TPSA) is 106 Å². The molecule has 0 atom stereocenters. The highest BCUT2D eigenvalue weighted by Gasteiger charge is 2.09. The number of carbonyl (C=O) groups is 1.